The molecule has 3 nitrogen and oxygen atoms in total. The Balaban J connectivity index is 2.40. The molecule has 1 aromatic carbocycles. The van der Waals surface area contributed by atoms with Gasteiger partial charge < -0.3 is 4.42 Å². The summed E-state index contributed by atoms with van der Waals surface area (Å²) in [5, 5.41) is 1.69. The normalized spacial score (nSPS) is 25.5. The first kappa shape index (κ1) is 15.1. The lowest BCUT2D eigenvalue weighted by Crippen LogP contribution is -2.67. The van der Waals surface area contributed by atoms with Gasteiger partial charge in [0, 0.05) is 12.5 Å². The number of allylic oxidation sites excluding steroid dienone is 1. The number of pyridine rings is 1. The molecule has 24 heavy (non-hydrogen) atoms. The quantitative estimate of drug-likeness (QED) is 0.313. The van der Waals surface area contributed by atoms with E-state index < -0.39 is 0 Å². The zero-order valence-electron chi connectivity index (χ0n) is 14.4. The zero-order chi connectivity index (χ0) is 17.1. The predicted octanol–water partition coefficient (Wildman–Crippen LogP) is 4.21. The van der Waals surface area contributed by atoms with Gasteiger partial charge in [-0.3, -0.25) is 0 Å². The van der Waals surface area contributed by atoms with Crippen LogP contribution in [0.3, 0.4) is 0 Å². The molecule has 0 saturated heterocycles. The second-order valence-electron chi connectivity index (χ2n) is 6.88. The molecule has 0 N–H and O–H groups in total. The molecule has 0 spiro atoms. The maximum Gasteiger partial charge on any atom is 0.350 e. The van der Waals surface area contributed by atoms with Crippen LogP contribution in [0.25, 0.3) is 21.9 Å². The topological polar surface area (TPSA) is 34.1 Å². The van der Waals surface area contributed by atoms with Crippen LogP contribution in [0.4, 0.5) is 0 Å². The van der Waals surface area contributed by atoms with Gasteiger partial charge in [-0.15, -0.1) is 0 Å². The van der Waals surface area contributed by atoms with E-state index in [2.05, 4.69) is 50.3 Å². The number of nitrogens with zero attached hydrogens (tertiary/aromatic N) is 1. The molecule has 0 aliphatic carbocycles. The lowest BCUT2D eigenvalue weighted by atomic mass is 9.61. The van der Waals surface area contributed by atoms with Gasteiger partial charge in [-0.2, -0.15) is 4.57 Å². The molecule has 2 unspecified atom stereocenters. The second-order valence-corrected chi connectivity index (χ2v) is 6.88. The van der Waals surface area contributed by atoms with Gasteiger partial charge in [-0.25, -0.2) is 4.79 Å². The molecule has 3 heterocycles. The van der Waals surface area contributed by atoms with Crippen LogP contribution in [0, 0.1) is 0 Å². The van der Waals surface area contributed by atoms with Gasteiger partial charge in [-0.1, -0.05) is 32.6 Å². The van der Waals surface area contributed by atoms with E-state index in [9.17, 15) is 4.79 Å². The van der Waals surface area contributed by atoms with Crippen LogP contribution >= 0.6 is 0 Å². The van der Waals surface area contributed by atoms with Crippen molar-refractivity contribution in [3.05, 3.63) is 65.2 Å². The summed E-state index contributed by atoms with van der Waals surface area (Å²) in [5.41, 5.74) is 2.18. The minimum atomic E-state index is -0.281. The van der Waals surface area contributed by atoms with Crippen LogP contribution < -0.4 is 10.2 Å². The largest absolute Gasteiger partial charge is 0.422 e. The van der Waals surface area contributed by atoms with Crippen molar-refractivity contribution in [3.8, 4) is 0 Å². The molecule has 0 fully saturated rings. The first-order valence-corrected chi connectivity index (χ1v) is 8.59. The van der Waals surface area contributed by atoms with Gasteiger partial charge in [0.15, 0.2) is 11.7 Å². The van der Waals surface area contributed by atoms with E-state index in [-0.39, 0.29) is 16.6 Å². The van der Waals surface area contributed by atoms with Gasteiger partial charge in [0.25, 0.3) is 0 Å². The first-order valence-electron chi connectivity index (χ1n) is 8.59. The molecule has 1 aliphatic rings. The Hall–Kier alpha value is -2.42. The Morgan fingerprint density at radius 2 is 2.00 bits per heavy atom. The maximum atomic E-state index is 12.5. The molecule has 0 radical (unpaired) electrons. The summed E-state index contributed by atoms with van der Waals surface area (Å²) in [7, 11) is 0. The monoisotopic (exact) mass is 320 g/mol. The standard InChI is InChI=1S/C21H22NO2/c1-5-20(4)15-11-8-12-16-17(15)18-14(19(23)24-16)10-9-13-22(18)21(20,6-2)7-3/h6,8-13H,2,5,7H2,1,3-4H3/q+1. The minimum Gasteiger partial charge on any atom is -0.422 e. The summed E-state index contributed by atoms with van der Waals surface area (Å²) in [6, 6.07) is 9.84. The van der Waals surface area contributed by atoms with E-state index in [1.54, 1.807) is 0 Å². The molecule has 4 rings (SSSR count). The van der Waals surface area contributed by atoms with Crippen LogP contribution in [0.5, 0.6) is 0 Å². The molecule has 0 saturated carbocycles. The molecule has 2 atom stereocenters. The fraction of sp³-hybridized carbons (Fsp3) is 0.333. The van der Waals surface area contributed by atoms with Gasteiger partial charge in [0.05, 0.1) is 10.8 Å². The summed E-state index contributed by atoms with van der Waals surface area (Å²) >= 11 is 0. The first-order chi connectivity index (χ1) is 11.5. The third-order valence-corrected chi connectivity index (χ3v) is 6.24. The van der Waals surface area contributed by atoms with Crippen LogP contribution in [0.2, 0.25) is 0 Å². The van der Waals surface area contributed by atoms with Crippen molar-refractivity contribution in [3.63, 3.8) is 0 Å². The highest BCUT2D eigenvalue weighted by Gasteiger charge is 2.57. The molecule has 3 heteroatoms. The van der Waals surface area contributed by atoms with E-state index in [1.165, 1.54) is 5.56 Å². The van der Waals surface area contributed by atoms with Crippen LogP contribution in [0.15, 0.2) is 58.4 Å². The average molecular weight is 320 g/mol. The summed E-state index contributed by atoms with van der Waals surface area (Å²) < 4.78 is 7.88. The third-order valence-electron chi connectivity index (χ3n) is 6.24. The molecular weight excluding hydrogens is 298 g/mol. The molecule has 3 aromatic rings. The van der Waals surface area contributed by atoms with Crippen molar-refractivity contribution in [2.75, 3.05) is 0 Å². The molecule has 1 aliphatic heterocycles. The van der Waals surface area contributed by atoms with E-state index in [1.807, 2.05) is 24.3 Å². The van der Waals surface area contributed by atoms with Crippen molar-refractivity contribution in [2.45, 2.75) is 44.6 Å². The van der Waals surface area contributed by atoms with E-state index >= 15 is 0 Å². The summed E-state index contributed by atoms with van der Waals surface area (Å²) in [6.45, 7) is 10.9. The number of aromatic nitrogens is 1. The van der Waals surface area contributed by atoms with Gasteiger partial charge in [0.1, 0.15) is 11.0 Å². The van der Waals surface area contributed by atoms with Crippen LogP contribution in [-0.4, -0.2) is 0 Å². The minimum absolute atomic E-state index is 0.130. The summed E-state index contributed by atoms with van der Waals surface area (Å²) in [6.07, 6.45) is 6.01. The zero-order valence-corrected chi connectivity index (χ0v) is 14.4. The lowest BCUT2D eigenvalue weighted by molar-refractivity contribution is -0.741. The Labute approximate surface area is 141 Å². The van der Waals surface area contributed by atoms with Crippen molar-refractivity contribution in [1.29, 1.82) is 0 Å². The number of hydrogen-bond donors (Lipinski definition) is 0. The summed E-state index contributed by atoms with van der Waals surface area (Å²) in [4.78, 5) is 12.5. The van der Waals surface area contributed by atoms with Gasteiger partial charge in [-0.05, 0) is 37.1 Å². The molecule has 122 valence electrons. The second kappa shape index (κ2) is 4.79. The van der Waals surface area contributed by atoms with E-state index in [0.29, 0.717) is 11.0 Å². The van der Waals surface area contributed by atoms with Gasteiger partial charge >= 0.3 is 5.63 Å². The summed E-state index contributed by atoms with van der Waals surface area (Å²) in [5.74, 6) is 0. The SMILES string of the molecule is C=CC1(CC)[n+]2cccc3c(=O)oc4cccc(c4c32)C1(C)CC. The number of benzene rings is 1. The lowest BCUT2D eigenvalue weighted by Gasteiger charge is -2.45. The Bertz CT molecular complexity index is 1050. The Morgan fingerprint density at radius 3 is 2.67 bits per heavy atom. The van der Waals surface area contributed by atoms with Crippen molar-refractivity contribution >= 4 is 21.9 Å². The highest BCUT2D eigenvalue weighted by Crippen LogP contribution is 2.49. The highest BCUT2D eigenvalue weighted by atomic mass is 16.4. The maximum absolute atomic E-state index is 12.5. The number of rotatable bonds is 3. The fourth-order valence-electron chi connectivity index (χ4n) is 4.76. The van der Waals surface area contributed by atoms with E-state index in [0.717, 1.165) is 23.7 Å². The molecular formula is C21H22NO2+. The molecule has 0 bridgehead atoms. The fourth-order valence-corrected chi connectivity index (χ4v) is 4.76. The van der Waals surface area contributed by atoms with Crippen LogP contribution in [0.1, 0.15) is 39.2 Å². The van der Waals surface area contributed by atoms with Crippen molar-refractivity contribution in [2.24, 2.45) is 0 Å². The number of hydrogen-bond acceptors (Lipinski definition) is 2. The van der Waals surface area contributed by atoms with E-state index in [4.69, 9.17) is 4.42 Å². The molecule has 2 aromatic heterocycles. The van der Waals surface area contributed by atoms with Gasteiger partial charge in [0.2, 0.25) is 5.52 Å². The van der Waals surface area contributed by atoms with Crippen molar-refractivity contribution < 1.29 is 8.98 Å². The Morgan fingerprint density at radius 1 is 1.21 bits per heavy atom. The Kier molecular flexibility index (Phi) is 3.02. The third kappa shape index (κ3) is 1.48. The predicted molar refractivity (Wildman–Crippen MR) is 96.3 cm³/mol. The average Bonchev–Trinajstić information content (AvgIpc) is 2.62. The smallest absolute Gasteiger partial charge is 0.350 e. The van der Waals surface area contributed by atoms with Crippen molar-refractivity contribution in [1.82, 2.24) is 0 Å². The van der Waals surface area contributed by atoms with Crippen LogP contribution in [-0.2, 0) is 11.0 Å². The highest BCUT2D eigenvalue weighted by molar-refractivity contribution is 6.03. The molecule has 0 amide bonds.